The molecule has 2 rings (SSSR count). The lowest BCUT2D eigenvalue weighted by atomic mass is 10.1. The lowest BCUT2D eigenvalue weighted by molar-refractivity contribution is 0.0591. The molecular weight excluding hydrogens is 240 g/mol. The van der Waals surface area contributed by atoms with Gasteiger partial charge in [0.05, 0.1) is 7.11 Å². The zero-order chi connectivity index (χ0) is 12.4. The van der Waals surface area contributed by atoms with Gasteiger partial charge in [0.1, 0.15) is 5.69 Å². The molecule has 0 aliphatic heterocycles. The van der Waals surface area contributed by atoms with Crippen LogP contribution < -0.4 is 5.84 Å². The van der Waals surface area contributed by atoms with Crippen LogP contribution in [0.4, 0.5) is 0 Å². The molecule has 0 unspecified atom stereocenters. The first kappa shape index (κ1) is 11.5. The minimum atomic E-state index is -0.465. The summed E-state index contributed by atoms with van der Waals surface area (Å²) < 4.78 is 5.87. The zero-order valence-corrected chi connectivity index (χ0v) is 9.94. The monoisotopic (exact) mass is 250 g/mol. The van der Waals surface area contributed by atoms with E-state index in [9.17, 15) is 4.79 Å². The number of hydrogen-bond acceptors (Lipinski definition) is 3. The van der Waals surface area contributed by atoms with Gasteiger partial charge in [-0.3, -0.25) is 4.68 Å². The first-order valence-corrected chi connectivity index (χ1v) is 5.31. The van der Waals surface area contributed by atoms with Gasteiger partial charge in [-0.05, 0) is 23.8 Å². The first-order valence-electron chi connectivity index (χ1n) is 4.93. The van der Waals surface area contributed by atoms with Crippen molar-refractivity contribution in [2.75, 3.05) is 13.0 Å². The molecule has 1 aromatic carbocycles. The molecule has 0 saturated heterocycles. The maximum atomic E-state index is 11.4. The second-order valence-electron chi connectivity index (χ2n) is 3.52. The highest BCUT2D eigenvalue weighted by Gasteiger charge is 2.13. The summed E-state index contributed by atoms with van der Waals surface area (Å²) in [6.07, 6.45) is 1.66. The molecular formula is C12H11ClN2O2. The number of carbonyl (C=O) groups excluding carboxylic acids is 1. The molecule has 4 nitrogen and oxygen atoms in total. The molecule has 0 bridgehead atoms. The molecule has 2 N–H and O–H groups in total. The molecule has 1 aromatic heterocycles. The van der Waals surface area contributed by atoms with Gasteiger partial charge in [0.2, 0.25) is 0 Å². The molecule has 0 saturated carbocycles. The Morgan fingerprint density at radius 3 is 2.53 bits per heavy atom. The van der Waals surface area contributed by atoms with Crippen LogP contribution in [0.15, 0.2) is 36.5 Å². The Bertz CT molecular complexity index is 546. The Kier molecular flexibility index (Phi) is 3.06. The fourth-order valence-electron chi connectivity index (χ4n) is 1.55. The van der Waals surface area contributed by atoms with Crippen LogP contribution >= 0.6 is 11.6 Å². The smallest absolute Gasteiger partial charge is 0.356 e. The van der Waals surface area contributed by atoms with Gasteiger partial charge in [-0.15, -0.1) is 0 Å². The van der Waals surface area contributed by atoms with Crippen LogP contribution in [0.25, 0.3) is 11.1 Å². The molecule has 0 aliphatic carbocycles. The minimum absolute atomic E-state index is 0.303. The van der Waals surface area contributed by atoms with Crippen molar-refractivity contribution in [3.63, 3.8) is 0 Å². The lowest BCUT2D eigenvalue weighted by Crippen LogP contribution is -2.15. The predicted octanol–water partition coefficient (Wildman–Crippen LogP) is 2.31. The van der Waals surface area contributed by atoms with Gasteiger partial charge in [0.25, 0.3) is 0 Å². The second-order valence-corrected chi connectivity index (χ2v) is 3.96. The van der Waals surface area contributed by atoms with Crippen molar-refractivity contribution >= 4 is 17.6 Å². The number of aromatic nitrogens is 1. The van der Waals surface area contributed by atoms with E-state index < -0.39 is 5.97 Å². The van der Waals surface area contributed by atoms with Crippen molar-refractivity contribution in [3.8, 4) is 11.1 Å². The highest BCUT2D eigenvalue weighted by Crippen LogP contribution is 2.23. The average Bonchev–Trinajstić information content (AvgIpc) is 2.71. The van der Waals surface area contributed by atoms with Gasteiger partial charge in [-0.1, -0.05) is 23.7 Å². The number of benzene rings is 1. The second kappa shape index (κ2) is 4.51. The summed E-state index contributed by atoms with van der Waals surface area (Å²) in [5.41, 5.74) is 2.07. The predicted molar refractivity (Wildman–Crippen MR) is 66.4 cm³/mol. The van der Waals surface area contributed by atoms with Crippen LogP contribution in [-0.4, -0.2) is 17.8 Å². The Balaban J connectivity index is 2.41. The number of rotatable bonds is 2. The molecule has 0 aliphatic rings. The third-order valence-electron chi connectivity index (χ3n) is 2.42. The summed E-state index contributed by atoms with van der Waals surface area (Å²) in [4.78, 5) is 11.4. The van der Waals surface area contributed by atoms with Crippen LogP contribution in [0.5, 0.6) is 0 Å². The van der Waals surface area contributed by atoms with Gasteiger partial charge < -0.3 is 10.6 Å². The maximum Gasteiger partial charge on any atom is 0.356 e. The number of hydrogen-bond donors (Lipinski definition) is 1. The molecule has 17 heavy (non-hydrogen) atoms. The number of nitrogen functional groups attached to an aromatic ring is 1. The molecule has 0 radical (unpaired) electrons. The van der Waals surface area contributed by atoms with Gasteiger partial charge in [-0.2, -0.15) is 0 Å². The quantitative estimate of drug-likeness (QED) is 0.657. The number of carbonyl (C=O) groups is 1. The van der Waals surface area contributed by atoms with Gasteiger partial charge in [0.15, 0.2) is 0 Å². The molecule has 0 fully saturated rings. The van der Waals surface area contributed by atoms with E-state index in [0.717, 1.165) is 11.1 Å². The molecule has 88 valence electrons. The summed E-state index contributed by atoms with van der Waals surface area (Å²) in [7, 11) is 1.32. The average molecular weight is 251 g/mol. The number of esters is 1. The van der Waals surface area contributed by atoms with E-state index in [1.54, 1.807) is 24.4 Å². The largest absolute Gasteiger partial charge is 0.464 e. The van der Waals surface area contributed by atoms with E-state index in [2.05, 4.69) is 4.74 Å². The lowest BCUT2D eigenvalue weighted by Gasteiger charge is -1.98. The molecule has 2 aromatic rings. The Morgan fingerprint density at radius 2 is 1.94 bits per heavy atom. The molecule has 0 amide bonds. The number of halogens is 1. The SMILES string of the molecule is COC(=O)c1cc(-c2ccc(Cl)cc2)cn1N. The Labute approximate surface area is 104 Å². The van der Waals surface area contributed by atoms with Crippen LogP contribution in [0, 0.1) is 0 Å². The topological polar surface area (TPSA) is 57.2 Å². The highest BCUT2D eigenvalue weighted by molar-refractivity contribution is 6.30. The summed E-state index contributed by atoms with van der Waals surface area (Å²) in [5, 5.41) is 0.661. The molecule has 1 heterocycles. The van der Waals surface area contributed by atoms with Crippen molar-refractivity contribution < 1.29 is 9.53 Å². The van der Waals surface area contributed by atoms with Crippen LogP contribution in [0.3, 0.4) is 0 Å². The fraction of sp³-hybridized carbons (Fsp3) is 0.0833. The standard InChI is InChI=1S/C12H11ClN2O2/c1-17-12(16)11-6-9(7-15(11)14)8-2-4-10(13)5-3-8/h2-7H,14H2,1H3. The van der Waals surface area contributed by atoms with Crippen molar-refractivity contribution in [3.05, 3.63) is 47.2 Å². The van der Waals surface area contributed by atoms with Gasteiger partial charge in [-0.25, -0.2) is 4.79 Å². The summed E-state index contributed by atoms with van der Waals surface area (Å²) in [6.45, 7) is 0. The third-order valence-corrected chi connectivity index (χ3v) is 2.67. The maximum absolute atomic E-state index is 11.4. The van der Waals surface area contributed by atoms with E-state index >= 15 is 0 Å². The summed E-state index contributed by atoms with van der Waals surface area (Å²) in [6, 6.07) is 8.96. The van der Waals surface area contributed by atoms with Crippen molar-refractivity contribution in [1.82, 2.24) is 4.68 Å². The van der Waals surface area contributed by atoms with Crippen LogP contribution in [-0.2, 0) is 4.74 Å². The fourth-order valence-corrected chi connectivity index (χ4v) is 1.67. The number of methoxy groups -OCH3 is 1. The minimum Gasteiger partial charge on any atom is -0.464 e. The van der Waals surface area contributed by atoms with Crippen molar-refractivity contribution in [1.29, 1.82) is 0 Å². The number of nitrogens with zero attached hydrogens (tertiary/aromatic N) is 1. The third kappa shape index (κ3) is 2.26. The Hall–Kier alpha value is -1.94. The molecule has 0 atom stereocenters. The summed E-state index contributed by atoms with van der Waals surface area (Å²) in [5.74, 6) is 5.21. The van der Waals surface area contributed by atoms with E-state index in [0.29, 0.717) is 10.7 Å². The Morgan fingerprint density at radius 1 is 1.29 bits per heavy atom. The van der Waals surface area contributed by atoms with E-state index in [1.807, 2.05) is 12.1 Å². The number of ether oxygens (including phenoxy) is 1. The van der Waals surface area contributed by atoms with Gasteiger partial charge >= 0.3 is 5.97 Å². The van der Waals surface area contributed by atoms with Crippen molar-refractivity contribution in [2.24, 2.45) is 0 Å². The van der Waals surface area contributed by atoms with Crippen LogP contribution in [0.1, 0.15) is 10.5 Å². The van der Waals surface area contributed by atoms with E-state index in [-0.39, 0.29) is 0 Å². The molecule has 0 spiro atoms. The van der Waals surface area contributed by atoms with Gasteiger partial charge in [0, 0.05) is 16.8 Å². The van der Waals surface area contributed by atoms with E-state index in [4.69, 9.17) is 17.4 Å². The first-order chi connectivity index (χ1) is 8.11. The number of nitrogens with two attached hydrogens (primary N) is 1. The zero-order valence-electron chi connectivity index (χ0n) is 9.18. The van der Waals surface area contributed by atoms with E-state index in [1.165, 1.54) is 11.8 Å². The normalized spacial score (nSPS) is 10.2. The summed E-state index contributed by atoms with van der Waals surface area (Å²) >= 11 is 5.80. The molecule has 5 heteroatoms. The highest BCUT2D eigenvalue weighted by atomic mass is 35.5. The van der Waals surface area contributed by atoms with Crippen molar-refractivity contribution in [2.45, 2.75) is 0 Å². The van der Waals surface area contributed by atoms with Crippen LogP contribution in [0.2, 0.25) is 5.02 Å².